The van der Waals surface area contributed by atoms with Crippen LogP contribution >= 0.6 is 0 Å². The molecule has 3 aliphatic heterocycles. The topological polar surface area (TPSA) is 28.5 Å². The molecule has 1 amide bonds. The van der Waals surface area contributed by atoms with Gasteiger partial charge in [0.25, 0.3) is 0 Å². The number of carbonyl (C=O) groups is 1. The maximum atomic E-state index is 14.1. The summed E-state index contributed by atoms with van der Waals surface area (Å²) < 4.78 is 16.2. The van der Waals surface area contributed by atoms with Gasteiger partial charge in [0.15, 0.2) is 0 Å². The average Bonchev–Trinajstić information content (AvgIpc) is 3.36. The molecule has 1 aromatic heterocycles. The average molecular weight is 460 g/mol. The van der Waals surface area contributed by atoms with Gasteiger partial charge in [0.2, 0.25) is 5.91 Å². The van der Waals surface area contributed by atoms with Crippen molar-refractivity contribution in [2.24, 2.45) is 12.5 Å². The monoisotopic (exact) mass is 459 g/mol. The van der Waals surface area contributed by atoms with Crippen LogP contribution in [-0.2, 0) is 31.1 Å². The Hall–Kier alpha value is -2.66. The van der Waals surface area contributed by atoms with Gasteiger partial charge >= 0.3 is 0 Å². The fourth-order valence-corrected chi connectivity index (χ4v) is 6.87. The molecule has 0 bridgehead atoms. The predicted octanol–water partition coefficient (Wildman–Crippen LogP) is 5.21. The van der Waals surface area contributed by atoms with E-state index in [-0.39, 0.29) is 17.1 Å². The summed E-state index contributed by atoms with van der Waals surface area (Å²) >= 11 is 0. The summed E-state index contributed by atoms with van der Waals surface area (Å²) in [6, 6.07) is 9.87. The van der Waals surface area contributed by atoms with Crippen molar-refractivity contribution in [3.05, 3.63) is 64.6 Å². The fraction of sp³-hybridized carbons (Fsp3) is 0.483. The standard InChI is InChI=1S/C29H34FN3O/c1-29(2)18-32(12-10-25(29)24-17-31(3)26-6-5-22(30)16-23(24)26)11-8-19-14-20-4-7-27(34)33-13-9-21(15-19)28(20)33/h5-6,14-17,25H,4,7-13,18H2,1-3H3. The molecule has 4 nitrogen and oxygen atoms in total. The lowest BCUT2D eigenvalue weighted by Gasteiger charge is -2.44. The number of piperidine rings is 1. The Morgan fingerprint density at radius 1 is 1.06 bits per heavy atom. The first-order valence-corrected chi connectivity index (χ1v) is 12.7. The van der Waals surface area contributed by atoms with Crippen LogP contribution in [0.4, 0.5) is 10.1 Å². The molecule has 1 saturated heterocycles. The quantitative estimate of drug-likeness (QED) is 0.536. The van der Waals surface area contributed by atoms with Crippen LogP contribution in [0, 0.1) is 11.2 Å². The van der Waals surface area contributed by atoms with Gasteiger partial charge in [0, 0.05) is 50.2 Å². The maximum Gasteiger partial charge on any atom is 0.227 e. The molecule has 34 heavy (non-hydrogen) atoms. The summed E-state index contributed by atoms with van der Waals surface area (Å²) in [5, 5.41) is 1.06. The van der Waals surface area contributed by atoms with E-state index in [1.807, 2.05) is 11.0 Å². The van der Waals surface area contributed by atoms with Crippen molar-refractivity contribution in [3.8, 4) is 0 Å². The minimum absolute atomic E-state index is 0.115. The van der Waals surface area contributed by atoms with Gasteiger partial charge in [0.1, 0.15) is 5.82 Å². The van der Waals surface area contributed by atoms with Crippen LogP contribution in [0.25, 0.3) is 10.9 Å². The van der Waals surface area contributed by atoms with Crippen molar-refractivity contribution >= 4 is 22.5 Å². The molecule has 3 aromatic rings. The van der Waals surface area contributed by atoms with Gasteiger partial charge in [-0.15, -0.1) is 0 Å². The highest BCUT2D eigenvalue weighted by Gasteiger charge is 2.38. The minimum atomic E-state index is -0.156. The van der Waals surface area contributed by atoms with Crippen molar-refractivity contribution in [2.45, 2.75) is 51.9 Å². The Morgan fingerprint density at radius 2 is 1.85 bits per heavy atom. The van der Waals surface area contributed by atoms with E-state index in [0.717, 1.165) is 62.8 Å². The third kappa shape index (κ3) is 3.56. The Balaban J connectivity index is 1.17. The Kier molecular flexibility index (Phi) is 5.10. The van der Waals surface area contributed by atoms with Crippen LogP contribution in [0.1, 0.15) is 54.9 Å². The third-order valence-electron chi connectivity index (χ3n) is 8.49. The summed E-state index contributed by atoms with van der Waals surface area (Å²) in [6.07, 6.45) is 6.89. The normalized spacial score (nSPS) is 21.9. The number of benzene rings is 2. The van der Waals surface area contributed by atoms with Gasteiger partial charge < -0.3 is 14.4 Å². The molecular weight excluding hydrogens is 425 g/mol. The minimum Gasteiger partial charge on any atom is -0.350 e. The third-order valence-corrected chi connectivity index (χ3v) is 8.49. The van der Waals surface area contributed by atoms with E-state index in [9.17, 15) is 9.18 Å². The van der Waals surface area contributed by atoms with E-state index in [1.165, 1.54) is 27.9 Å². The first-order valence-electron chi connectivity index (χ1n) is 12.7. The second-order valence-corrected chi connectivity index (χ2v) is 11.3. The predicted molar refractivity (Wildman–Crippen MR) is 135 cm³/mol. The highest BCUT2D eigenvalue weighted by Crippen LogP contribution is 2.45. The molecule has 3 aliphatic rings. The van der Waals surface area contributed by atoms with Crippen LogP contribution in [0.3, 0.4) is 0 Å². The van der Waals surface area contributed by atoms with E-state index in [4.69, 9.17) is 0 Å². The molecule has 1 fully saturated rings. The van der Waals surface area contributed by atoms with E-state index >= 15 is 0 Å². The first kappa shape index (κ1) is 21.8. The van der Waals surface area contributed by atoms with Crippen molar-refractivity contribution in [1.29, 1.82) is 0 Å². The van der Waals surface area contributed by atoms with Crippen LogP contribution < -0.4 is 4.90 Å². The second kappa shape index (κ2) is 7.94. The molecule has 0 saturated carbocycles. The van der Waals surface area contributed by atoms with Gasteiger partial charge in [-0.05, 0) is 84.0 Å². The maximum absolute atomic E-state index is 14.1. The van der Waals surface area contributed by atoms with Gasteiger partial charge in [-0.2, -0.15) is 0 Å². The van der Waals surface area contributed by atoms with Gasteiger partial charge in [-0.1, -0.05) is 26.0 Å². The summed E-state index contributed by atoms with van der Waals surface area (Å²) in [7, 11) is 2.06. The molecule has 1 atom stereocenters. The second-order valence-electron chi connectivity index (χ2n) is 11.3. The zero-order valence-electron chi connectivity index (χ0n) is 20.5. The number of likely N-dealkylation sites (tertiary alicyclic amines) is 1. The summed E-state index contributed by atoms with van der Waals surface area (Å²) in [6.45, 7) is 8.76. The molecule has 0 N–H and O–H groups in total. The molecule has 178 valence electrons. The molecule has 0 spiro atoms. The van der Waals surface area contributed by atoms with Crippen molar-refractivity contribution in [1.82, 2.24) is 9.47 Å². The Morgan fingerprint density at radius 3 is 2.65 bits per heavy atom. The number of rotatable bonds is 4. The van der Waals surface area contributed by atoms with Crippen LogP contribution in [0.15, 0.2) is 36.5 Å². The highest BCUT2D eigenvalue weighted by molar-refractivity contribution is 5.98. The molecule has 0 radical (unpaired) electrons. The lowest BCUT2D eigenvalue weighted by atomic mass is 9.70. The number of hydrogen-bond acceptors (Lipinski definition) is 2. The first-order chi connectivity index (χ1) is 16.3. The molecule has 2 aromatic carbocycles. The molecule has 1 unspecified atom stereocenters. The van der Waals surface area contributed by atoms with Crippen LogP contribution in [0.5, 0.6) is 0 Å². The van der Waals surface area contributed by atoms with Gasteiger partial charge in [-0.3, -0.25) is 4.79 Å². The molecule has 0 aliphatic carbocycles. The van der Waals surface area contributed by atoms with Crippen molar-refractivity contribution in [2.75, 3.05) is 31.1 Å². The number of anilines is 1. The van der Waals surface area contributed by atoms with E-state index < -0.39 is 0 Å². The Bertz CT molecular complexity index is 1290. The largest absolute Gasteiger partial charge is 0.350 e. The number of carbonyl (C=O) groups excluding carboxylic acids is 1. The van der Waals surface area contributed by atoms with E-state index in [1.54, 1.807) is 12.1 Å². The number of fused-ring (bicyclic) bond motifs is 1. The number of halogens is 1. The van der Waals surface area contributed by atoms with Crippen LogP contribution in [0.2, 0.25) is 0 Å². The summed E-state index contributed by atoms with van der Waals surface area (Å²) in [5.41, 5.74) is 7.87. The summed E-state index contributed by atoms with van der Waals surface area (Å²) in [4.78, 5) is 16.8. The number of nitrogens with zero attached hydrogens (tertiary/aromatic N) is 3. The SMILES string of the molecule is Cn1cc(C2CCN(CCc3cc4c5c(c3)CCN5C(=O)CC4)CC2(C)C)c2cc(F)ccc21. The molecular formula is C29H34FN3O. The fourth-order valence-electron chi connectivity index (χ4n) is 6.87. The molecule has 4 heterocycles. The van der Waals surface area contributed by atoms with Crippen LogP contribution in [-0.4, -0.2) is 41.6 Å². The van der Waals surface area contributed by atoms with Gasteiger partial charge in [-0.25, -0.2) is 4.39 Å². The Labute approximate surface area is 201 Å². The lowest BCUT2D eigenvalue weighted by Crippen LogP contribution is -2.45. The van der Waals surface area contributed by atoms with Gasteiger partial charge in [0.05, 0.1) is 5.69 Å². The number of aryl methyl sites for hydroxylation is 2. The number of amides is 1. The molecule has 5 heteroatoms. The lowest BCUT2D eigenvalue weighted by molar-refractivity contribution is -0.118. The number of hydrogen-bond donors (Lipinski definition) is 0. The molecule has 6 rings (SSSR count). The number of aromatic nitrogens is 1. The zero-order valence-corrected chi connectivity index (χ0v) is 20.5. The summed E-state index contributed by atoms with van der Waals surface area (Å²) in [5.74, 6) is 0.552. The van der Waals surface area contributed by atoms with Crippen molar-refractivity contribution in [3.63, 3.8) is 0 Å². The van der Waals surface area contributed by atoms with E-state index in [0.29, 0.717) is 12.3 Å². The highest BCUT2D eigenvalue weighted by atomic mass is 19.1. The zero-order chi connectivity index (χ0) is 23.6. The van der Waals surface area contributed by atoms with E-state index in [2.05, 4.69) is 48.7 Å². The van der Waals surface area contributed by atoms with Crippen molar-refractivity contribution < 1.29 is 9.18 Å². The smallest absolute Gasteiger partial charge is 0.227 e.